The Morgan fingerprint density at radius 2 is 2.14 bits per heavy atom. The smallest absolute Gasteiger partial charge is 0.325 e. The summed E-state index contributed by atoms with van der Waals surface area (Å²) in [6.07, 6.45) is 0.917. The van der Waals surface area contributed by atoms with Gasteiger partial charge in [-0.1, -0.05) is 24.3 Å². The Morgan fingerprint density at radius 3 is 2.86 bits per heavy atom. The van der Waals surface area contributed by atoms with Crippen molar-refractivity contribution in [2.45, 2.75) is 12.5 Å². The molecule has 0 aromatic heterocycles. The fourth-order valence-electron chi connectivity index (χ4n) is 1.72. The van der Waals surface area contributed by atoms with Crippen molar-refractivity contribution in [2.24, 2.45) is 0 Å². The van der Waals surface area contributed by atoms with Crippen molar-refractivity contribution in [1.82, 2.24) is 5.32 Å². The van der Waals surface area contributed by atoms with Crippen LogP contribution < -0.4 is 5.32 Å². The molecule has 2 N–H and O–H groups in total. The van der Waals surface area contributed by atoms with Crippen LogP contribution in [0.4, 0.5) is 0 Å². The van der Waals surface area contributed by atoms with Crippen molar-refractivity contribution in [1.29, 1.82) is 0 Å². The summed E-state index contributed by atoms with van der Waals surface area (Å²) in [6.45, 7) is 0.744. The van der Waals surface area contributed by atoms with Crippen LogP contribution >= 0.6 is 0 Å². The normalized spacial score (nSPS) is 19.3. The van der Waals surface area contributed by atoms with E-state index in [2.05, 4.69) is 5.32 Å². The predicted octanol–water partition coefficient (Wildman–Crippen LogP) is 0.577. The average molecular weight is 200 g/mol. The number of benzene rings is 1. The molecule has 0 unspecified atom stereocenters. The Labute approximate surface area is 105 Å². The van der Waals surface area contributed by atoms with Crippen LogP contribution in [0.15, 0.2) is 24.3 Å². The van der Waals surface area contributed by atoms with Crippen molar-refractivity contribution in [3.05, 3.63) is 35.4 Å². The van der Waals surface area contributed by atoms with Crippen molar-refractivity contribution < 1.29 is 9.90 Å². The number of fused-ring (bicyclic) bond motifs is 1. The first-order valence-electron chi connectivity index (χ1n) is 4.33. The maximum atomic E-state index is 10.9. The van der Waals surface area contributed by atoms with Crippen LogP contribution in [0.2, 0.25) is 0 Å². The Hall–Kier alpha value is -0.350. The second-order valence-corrected chi connectivity index (χ2v) is 3.17. The van der Waals surface area contributed by atoms with Gasteiger partial charge in [0.05, 0.1) is 0 Å². The second kappa shape index (κ2) is 4.94. The van der Waals surface area contributed by atoms with Gasteiger partial charge < -0.3 is 10.4 Å². The number of nitrogens with one attached hydrogen (secondary N) is 1. The monoisotopic (exact) mass is 200 g/mol. The van der Waals surface area contributed by atoms with Crippen molar-refractivity contribution in [2.75, 3.05) is 6.54 Å². The van der Waals surface area contributed by atoms with Crippen LogP contribution in [0.5, 0.6) is 0 Å². The quantitative estimate of drug-likeness (QED) is 0.652. The molecule has 3 nitrogen and oxygen atoms in total. The van der Waals surface area contributed by atoms with Gasteiger partial charge in [-0.2, -0.15) is 0 Å². The number of hydrogen-bond donors (Lipinski definition) is 2. The maximum absolute atomic E-state index is 10.9. The van der Waals surface area contributed by atoms with Gasteiger partial charge >= 0.3 is 5.97 Å². The molecule has 0 spiro atoms. The first-order valence-corrected chi connectivity index (χ1v) is 4.33. The molecule has 1 aromatic rings. The minimum Gasteiger partial charge on any atom is -0.480 e. The molecule has 0 amide bonds. The van der Waals surface area contributed by atoms with Crippen LogP contribution in [0.1, 0.15) is 17.2 Å². The fraction of sp³-hybridized carbons (Fsp3) is 0.300. The average Bonchev–Trinajstić information content (AvgIpc) is 2.17. The molecular formula is C10H11NNaO2. The van der Waals surface area contributed by atoms with Gasteiger partial charge in [0, 0.05) is 36.1 Å². The van der Waals surface area contributed by atoms with Gasteiger partial charge in [-0.25, -0.2) is 0 Å². The third kappa shape index (κ3) is 2.17. The van der Waals surface area contributed by atoms with Gasteiger partial charge in [-0.05, 0) is 17.5 Å². The summed E-state index contributed by atoms with van der Waals surface area (Å²) in [7, 11) is 0. The van der Waals surface area contributed by atoms with Crippen LogP contribution in [-0.4, -0.2) is 47.2 Å². The molecule has 1 atom stereocenters. The number of carboxylic acids is 1. The Kier molecular flexibility index (Phi) is 4.13. The van der Waals surface area contributed by atoms with Gasteiger partial charge in [0.1, 0.15) is 6.04 Å². The molecule has 0 saturated heterocycles. The molecule has 1 aliphatic heterocycles. The molecule has 2 rings (SSSR count). The van der Waals surface area contributed by atoms with E-state index < -0.39 is 12.0 Å². The zero-order valence-corrected chi connectivity index (χ0v) is 10.2. The van der Waals surface area contributed by atoms with Gasteiger partial charge in [0.15, 0.2) is 0 Å². The van der Waals surface area contributed by atoms with Gasteiger partial charge in [-0.3, -0.25) is 4.79 Å². The summed E-state index contributed by atoms with van der Waals surface area (Å²) in [5, 5.41) is 11.9. The number of aliphatic carboxylic acids is 1. The van der Waals surface area contributed by atoms with Crippen molar-refractivity contribution in [3.8, 4) is 0 Å². The summed E-state index contributed by atoms with van der Waals surface area (Å²) in [6, 6.07) is 7.17. The van der Waals surface area contributed by atoms with Crippen LogP contribution in [0.3, 0.4) is 0 Å². The van der Waals surface area contributed by atoms with Crippen LogP contribution in [0.25, 0.3) is 0 Å². The molecule has 4 heteroatoms. The van der Waals surface area contributed by atoms with Crippen LogP contribution in [-0.2, 0) is 11.2 Å². The molecule has 1 aliphatic rings. The number of hydrogen-bond acceptors (Lipinski definition) is 2. The summed E-state index contributed by atoms with van der Waals surface area (Å²) < 4.78 is 0. The minimum atomic E-state index is -0.799. The summed E-state index contributed by atoms with van der Waals surface area (Å²) in [5.74, 6) is -0.799. The third-order valence-electron chi connectivity index (χ3n) is 2.36. The standard InChI is InChI=1S/C10H11NO2.Na/c12-10(13)9-8-4-2-1-3-7(8)5-6-11-9;/h1-4,9,11H,5-6H2,(H,12,13);/t9-;/m1./s1. The SMILES string of the molecule is O=C(O)[C@@H]1NCCc2ccccc21.[Na]. The largest absolute Gasteiger partial charge is 0.480 e. The Morgan fingerprint density at radius 1 is 1.43 bits per heavy atom. The van der Waals surface area contributed by atoms with E-state index >= 15 is 0 Å². The van der Waals surface area contributed by atoms with Crippen LogP contribution in [0, 0.1) is 0 Å². The second-order valence-electron chi connectivity index (χ2n) is 3.17. The summed E-state index contributed by atoms with van der Waals surface area (Å²) >= 11 is 0. The maximum Gasteiger partial charge on any atom is 0.325 e. The van der Waals surface area contributed by atoms with E-state index in [4.69, 9.17) is 5.11 Å². The Bertz CT molecular complexity index is 341. The molecule has 0 aliphatic carbocycles. The summed E-state index contributed by atoms with van der Waals surface area (Å²) in [4.78, 5) is 10.9. The number of rotatable bonds is 1. The molecule has 1 aromatic carbocycles. The van der Waals surface area contributed by atoms with E-state index in [1.165, 1.54) is 0 Å². The zero-order valence-electron chi connectivity index (χ0n) is 8.16. The summed E-state index contributed by atoms with van der Waals surface area (Å²) in [5.41, 5.74) is 2.05. The van der Waals surface area contributed by atoms with E-state index in [1.807, 2.05) is 24.3 Å². The first kappa shape index (κ1) is 11.7. The van der Waals surface area contributed by atoms with Gasteiger partial charge in [-0.15, -0.1) is 0 Å². The third-order valence-corrected chi connectivity index (χ3v) is 2.36. The Balaban J connectivity index is 0.000000980. The van der Waals surface area contributed by atoms with Gasteiger partial charge in [0.2, 0.25) is 0 Å². The topological polar surface area (TPSA) is 49.3 Å². The minimum absolute atomic E-state index is 0. The van der Waals surface area contributed by atoms with E-state index in [-0.39, 0.29) is 29.6 Å². The molecule has 0 saturated carbocycles. The molecule has 0 fully saturated rings. The first-order chi connectivity index (χ1) is 6.29. The fourth-order valence-corrected chi connectivity index (χ4v) is 1.72. The molecule has 1 radical (unpaired) electrons. The number of carboxylic acid groups (broad SMARTS) is 1. The van der Waals surface area contributed by atoms with E-state index in [0.29, 0.717) is 0 Å². The van der Waals surface area contributed by atoms with E-state index in [9.17, 15) is 4.79 Å². The molecule has 69 valence electrons. The van der Waals surface area contributed by atoms with Gasteiger partial charge in [0.25, 0.3) is 0 Å². The molecule has 14 heavy (non-hydrogen) atoms. The number of carbonyl (C=O) groups is 1. The molecular weight excluding hydrogens is 189 g/mol. The predicted molar refractivity (Wildman–Crippen MR) is 54.3 cm³/mol. The van der Waals surface area contributed by atoms with Crippen molar-refractivity contribution >= 4 is 35.5 Å². The molecule has 1 heterocycles. The van der Waals surface area contributed by atoms with Crippen molar-refractivity contribution in [3.63, 3.8) is 0 Å². The van der Waals surface area contributed by atoms with E-state index in [0.717, 1.165) is 24.1 Å². The zero-order chi connectivity index (χ0) is 9.26. The van der Waals surface area contributed by atoms with E-state index in [1.54, 1.807) is 0 Å². The molecule has 0 bridgehead atoms.